The van der Waals surface area contributed by atoms with Crippen molar-refractivity contribution in [1.82, 2.24) is 10.0 Å². The zero-order chi connectivity index (χ0) is 13.4. The van der Waals surface area contributed by atoms with E-state index in [1.807, 2.05) is 0 Å². The number of nitrogens with zero attached hydrogens (tertiary/aromatic N) is 2. The molecule has 0 radical (unpaired) electrons. The third kappa shape index (κ3) is 1.64. The Labute approximate surface area is 106 Å². The molecule has 0 fully saturated rings. The van der Waals surface area contributed by atoms with E-state index < -0.39 is 0 Å². The van der Waals surface area contributed by atoms with Crippen molar-refractivity contribution < 1.29 is 14.3 Å². The molecule has 1 amide bonds. The second-order valence-corrected chi connectivity index (χ2v) is 4.16. The van der Waals surface area contributed by atoms with Gasteiger partial charge < -0.3 is 9.47 Å². The average molecular weight is 248 g/mol. The number of rotatable bonds is 3. The number of ether oxygens (including phenoxy) is 2. The predicted molar refractivity (Wildman–Crippen MR) is 68.4 cm³/mol. The largest absolute Gasteiger partial charge is 0.493 e. The van der Waals surface area contributed by atoms with Gasteiger partial charge in [0.1, 0.15) is 0 Å². The minimum absolute atomic E-state index is 0.110. The molecule has 2 rings (SSSR count). The summed E-state index contributed by atoms with van der Waals surface area (Å²) >= 11 is 0. The minimum Gasteiger partial charge on any atom is -0.493 e. The Morgan fingerprint density at radius 2 is 1.61 bits per heavy atom. The van der Waals surface area contributed by atoms with Crippen LogP contribution in [-0.2, 0) is 0 Å². The van der Waals surface area contributed by atoms with Gasteiger partial charge in [-0.25, -0.2) is 10.0 Å². The fourth-order valence-electron chi connectivity index (χ4n) is 2.07. The first-order valence-electron chi connectivity index (χ1n) is 5.48. The predicted octanol–water partition coefficient (Wildman–Crippen LogP) is 1.61. The van der Waals surface area contributed by atoms with Gasteiger partial charge in [-0.15, -0.1) is 0 Å². The molecule has 1 aromatic rings. The Morgan fingerprint density at radius 3 is 2.06 bits per heavy atom. The standard InChI is InChI=1S/C13H16N2O3/c1-8-9-6-11(17-4)12(18-5)7-10(9)13(16)15(8)14(2)3/h6-7H,1H2,2-5H3. The van der Waals surface area contributed by atoms with E-state index in [1.54, 1.807) is 45.5 Å². The molecule has 0 saturated heterocycles. The summed E-state index contributed by atoms with van der Waals surface area (Å²) in [5.41, 5.74) is 1.98. The van der Waals surface area contributed by atoms with Crippen LogP contribution in [0.15, 0.2) is 18.7 Å². The van der Waals surface area contributed by atoms with Crippen LogP contribution in [0.4, 0.5) is 0 Å². The quantitative estimate of drug-likeness (QED) is 0.815. The Hall–Kier alpha value is -2.01. The molecule has 96 valence electrons. The number of hydrogen-bond donors (Lipinski definition) is 0. The second kappa shape index (κ2) is 4.34. The van der Waals surface area contributed by atoms with E-state index in [1.165, 1.54) is 5.01 Å². The first kappa shape index (κ1) is 12.4. The third-order valence-electron chi connectivity index (χ3n) is 2.91. The van der Waals surface area contributed by atoms with E-state index in [0.717, 1.165) is 5.56 Å². The van der Waals surface area contributed by atoms with Gasteiger partial charge in [-0.05, 0) is 12.1 Å². The van der Waals surface area contributed by atoms with Crippen LogP contribution >= 0.6 is 0 Å². The SMILES string of the molecule is C=C1c2cc(OC)c(OC)cc2C(=O)N1N(C)C. The Balaban J connectivity index is 2.58. The summed E-state index contributed by atoms with van der Waals surface area (Å²) < 4.78 is 10.4. The zero-order valence-corrected chi connectivity index (χ0v) is 11.0. The van der Waals surface area contributed by atoms with E-state index >= 15 is 0 Å². The Kier molecular flexibility index (Phi) is 3.00. The molecule has 0 atom stereocenters. The van der Waals surface area contributed by atoms with Gasteiger partial charge in [0.2, 0.25) is 0 Å². The number of carbonyl (C=O) groups excluding carboxylic acids is 1. The molecule has 1 aliphatic rings. The highest BCUT2D eigenvalue weighted by atomic mass is 16.5. The molecular formula is C13H16N2O3. The normalized spacial score (nSPS) is 14.2. The van der Waals surface area contributed by atoms with Crippen LogP contribution < -0.4 is 9.47 Å². The van der Waals surface area contributed by atoms with E-state index in [2.05, 4.69) is 6.58 Å². The lowest BCUT2D eigenvalue weighted by atomic mass is 10.1. The number of hydrogen-bond acceptors (Lipinski definition) is 4. The summed E-state index contributed by atoms with van der Waals surface area (Å²) in [6.45, 7) is 3.95. The Morgan fingerprint density at radius 1 is 1.11 bits per heavy atom. The van der Waals surface area contributed by atoms with Gasteiger partial charge in [0.05, 0.1) is 25.5 Å². The Bertz CT molecular complexity index is 480. The number of carbonyl (C=O) groups is 1. The van der Waals surface area contributed by atoms with Gasteiger partial charge in [0, 0.05) is 19.7 Å². The van der Waals surface area contributed by atoms with Gasteiger partial charge in [-0.2, -0.15) is 0 Å². The molecule has 0 unspecified atom stereocenters. The highest BCUT2D eigenvalue weighted by molar-refractivity contribution is 6.09. The molecule has 5 nitrogen and oxygen atoms in total. The molecule has 18 heavy (non-hydrogen) atoms. The highest BCUT2D eigenvalue weighted by Crippen LogP contribution is 2.39. The van der Waals surface area contributed by atoms with Crippen LogP contribution in [0.2, 0.25) is 0 Å². The topological polar surface area (TPSA) is 42.0 Å². The van der Waals surface area contributed by atoms with E-state index in [4.69, 9.17) is 9.47 Å². The molecule has 0 N–H and O–H groups in total. The van der Waals surface area contributed by atoms with Crippen molar-refractivity contribution in [2.45, 2.75) is 0 Å². The maximum Gasteiger partial charge on any atom is 0.273 e. The molecular weight excluding hydrogens is 232 g/mol. The van der Waals surface area contributed by atoms with E-state index in [9.17, 15) is 4.79 Å². The lowest BCUT2D eigenvalue weighted by Gasteiger charge is -2.24. The average Bonchev–Trinajstić information content (AvgIpc) is 2.59. The third-order valence-corrected chi connectivity index (χ3v) is 2.91. The maximum atomic E-state index is 12.2. The first-order chi connectivity index (χ1) is 8.51. The lowest BCUT2D eigenvalue weighted by Crippen LogP contribution is -2.35. The molecule has 1 aromatic carbocycles. The smallest absolute Gasteiger partial charge is 0.273 e. The fourth-order valence-corrected chi connectivity index (χ4v) is 2.07. The zero-order valence-electron chi connectivity index (χ0n) is 11.0. The molecule has 0 aliphatic carbocycles. The molecule has 1 heterocycles. The van der Waals surface area contributed by atoms with Crippen LogP contribution in [0.1, 0.15) is 15.9 Å². The summed E-state index contributed by atoms with van der Waals surface area (Å²) in [6, 6.07) is 3.46. The highest BCUT2D eigenvalue weighted by Gasteiger charge is 2.34. The van der Waals surface area contributed by atoms with Gasteiger partial charge in [-0.1, -0.05) is 6.58 Å². The summed E-state index contributed by atoms with van der Waals surface area (Å²) in [4.78, 5) is 12.2. The molecule has 1 aliphatic heterocycles. The monoisotopic (exact) mass is 248 g/mol. The van der Waals surface area contributed by atoms with Crippen molar-refractivity contribution in [3.05, 3.63) is 29.8 Å². The van der Waals surface area contributed by atoms with E-state index in [-0.39, 0.29) is 5.91 Å². The van der Waals surface area contributed by atoms with Crippen molar-refractivity contribution >= 4 is 11.6 Å². The van der Waals surface area contributed by atoms with Gasteiger partial charge in [-0.3, -0.25) is 4.79 Å². The molecule has 0 aromatic heterocycles. The van der Waals surface area contributed by atoms with Crippen LogP contribution in [0.3, 0.4) is 0 Å². The number of amides is 1. The molecule has 5 heteroatoms. The first-order valence-corrected chi connectivity index (χ1v) is 5.48. The number of benzene rings is 1. The molecule has 0 spiro atoms. The number of methoxy groups -OCH3 is 2. The summed E-state index contributed by atoms with van der Waals surface area (Å²) in [7, 11) is 6.70. The van der Waals surface area contributed by atoms with Crippen LogP contribution in [0.5, 0.6) is 11.5 Å². The van der Waals surface area contributed by atoms with Crippen molar-refractivity contribution in [2.75, 3.05) is 28.3 Å². The number of hydrazine groups is 1. The number of fused-ring (bicyclic) bond motifs is 1. The summed E-state index contributed by atoms with van der Waals surface area (Å²) in [5.74, 6) is 1.02. The molecule has 0 saturated carbocycles. The van der Waals surface area contributed by atoms with E-state index in [0.29, 0.717) is 22.8 Å². The second-order valence-electron chi connectivity index (χ2n) is 4.16. The van der Waals surface area contributed by atoms with Crippen LogP contribution in [0.25, 0.3) is 5.70 Å². The van der Waals surface area contributed by atoms with Crippen LogP contribution in [-0.4, -0.2) is 44.2 Å². The van der Waals surface area contributed by atoms with Gasteiger partial charge in [0.25, 0.3) is 5.91 Å². The summed E-state index contributed by atoms with van der Waals surface area (Å²) in [5, 5.41) is 3.22. The summed E-state index contributed by atoms with van der Waals surface area (Å²) in [6.07, 6.45) is 0. The van der Waals surface area contributed by atoms with Gasteiger partial charge >= 0.3 is 0 Å². The van der Waals surface area contributed by atoms with Crippen molar-refractivity contribution in [3.63, 3.8) is 0 Å². The fraction of sp³-hybridized carbons (Fsp3) is 0.308. The van der Waals surface area contributed by atoms with Crippen molar-refractivity contribution in [2.24, 2.45) is 0 Å². The van der Waals surface area contributed by atoms with Crippen molar-refractivity contribution in [1.29, 1.82) is 0 Å². The lowest BCUT2D eigenvalue weighted by molar-refractivity contribution is 0.0521. The maximum absolute atomic E-state index is 12.2. The molecule has 0 bridgehead atoms. The van der Waals surface area contributed by atoms with Crippen molar-refractivity contribution in [3.8, 4) is 11.5 Å². The van der Waals surface area contributed by atoms with Gasteiger partial charge in [0.15, 0.2) is 11.5 Å². The minimum atomic E-state index is -0.110. The van der Waals surface area contributed by atoms with Crippen LogP contribution in [0, 0.1) is 0 Å².